The van der Waals surface area contributed by atoms with Crippen LogP contribution in [0.15, 0.2) is 18.2 Å². The Balaban J connectivity index is 2.23. The minimum Gasteiger partial charge on any atom is -0.489 e. The summed E-state index contributed by atoms with van der Waals surface area (Å²) in [7, 11) is 0. The largest absolute Gasteiger partial charge is 0.489 e. The first kappa shape index (κ1) is 12.9. The summed E-state index contributed by atoms with van der Waals surface area (Å²) in [4.78, 5) is 12.0. The number of hydrogen-bond acceptors (Lipinski definition) is 3. The lowest BCUT2D eigenvalue weighted by Crippen LogP contribution is -2.30. The maximum Gasteiger partial charge on any atom is 0.255 e. The molecule has 4 nitrogen and oxygen atoms in total. The van der Waals surface area contributed by atoms with Crippen molar-refractivity contribution in [1.82, 2.24) is 5.32 Å². The van der Waals surface area contributed by atoms with E-state index in [0.717, 1.165) is 5.56 Å². The number of benzene rings is 1. The molecule has 0 saturated carbocycles. The summed E-state index contributed by atoms with van der Waals surface area (Å²) in [6, 6.07) is 5.62. The Morgan fingerprint density at radius 1 is 1.50 bits per heavy atom. The molecule has 0 aromatic heterocycles. The van der Waals surface area contributed by atoms with Crippen LogP contribution in [-0.4, -0.2) is 29.8 Å². The first-order valence-electron chi connectivity index (χ1n) is 6.26. The number of rotatable bonds is 3. The highest BCUT2D eigenvalue weighted by Crippen LogP contribution is 2.40. The van der Waals surface area contributed by atoms with E-state index >= 15 is 0 Å². The molecular formula is C14H19NO3. The van der Waals surface area contributed by atoms with Gasteiger partial charge in [-0.15, -0.1) is 0 Å². The lowest BCUT2D eigenvalue weighted by Gasteiger charge is -2.10. The zero-order chi connectivity index (χ0) is 13.3. The van der Waals surface area contributed by atoms with E-state index in [0.29, 0.717) is 17.2 Å². The van der Waals surface area contributed by atoms with Gasteiger partial charge in [0.1, 0.15) is 11.9 Å². The summed E-state index contributed by atoms with van der Waals surface area (Å²) in [5.41, 5.74) is 1.62. The summed E-state index contributed by atoms with van der Waals surface area (Å²) in [5, 5.41) is 11.9. The standard InChI is InChI=1S/C14H19NO3/c1-8(16)7-15-14(17)12-6-4-5-11-9(2)10(3)18-13(11)12/h4-6,8-10,16H,7H2,1-3H3,(H,15,17)/t8-,9?,10?/m1/s1. The molecular weight excluding hydrogens is 230 g/mol. The van der Waals surface area contributed by atoms with Crippen LogP contribution in [0.25, 0.3) is 0 Å². The molecule has 0 spiro atoms. The average Bonchev–Trinajstić information content (AvgIpc) is 2.62. The molecule has 2 unspecified atom stereocenters. The number of para-hydroxylation sites is 1. The third-order valence-corrected chi connectivity index (χ3v) is 3.35. The molecule has 0 fully saturated rings. The maximum atomic E-state index is 12.0. The number of fused-ring (bicyclic) bond motifs is 1. The van der Waals surface area contributed by atoms with Crippen molar-refractivity contribution in [3.63, 3.8) is 0 Å². The molecule has 1 heterocycles. The maximum absolute atomic E-state index is 12.0. The third kappa shape index (κ3) is 2.34. The van der Waals surface area contributed by atoms with Crippen molar-refractivity contribution >= 4 is 5.91 Å². The molecule has 0 radical (unpaired) electrons. The van der Waals surface area contributed by atoms with Crippen LogP contribution >= 0.6 is 0 Å². The Morgan fingerprint density at radius 2 is 2.22 bits per heavy atom. The second-order valence-corrected chi connectivity index (χ2v) is 4.89. The van der Waals surface area contributed by atoms with Crippen LogP contribution in [0.4, 0.5) is 0 Å². The molecule has 1 amide bonds. The highest BCUT2D eigenvalue weighted by atomic mass is 16.5. The molecule has 0 bridgehead atoms. The normalized spacial score (nSPS) is 23.1. The van der Waals surface area contributed by atoms with E-state index < -0.39 is 6.10 Å². The summed E-state index contributed by atoms with van der Waals surface area (Å²) in [5.74, 6) is 0.777. The van der Waals surface area contributed by atoms with Gasteiger partial charge in [0.2, 0.25) is 0 Å². The molecule has 1 aromatic rings. The lowest BCUT2D eigenvalue weighted by atomic mass is 9.97. The SMILES string of the molecule is CC1Oc2c(C(=O)NC[C@@H](C)O)cccc2C1C. The minimum atomic E-state index is -0.551. The zero-order valence-electron chi connectivity index (χ0n) is 10.9. The predicted molar refractivity (Wildman–Crippen MR) is 69.0 cm³/mol. The first-order chi connectivity index (χ1) is 8.50. The van der Waals surface area contributed by atoms with Gasteiger partial charge in [-0.3, -0.25) is 4.79 Å². The number of carbonyl (C=O) groups excluding carboxylic acids is 1. The Hall–Kier alpha value is -1.55. The monoisotopic (exact) mass is 249 g/mol. The Morgan fingerprint density at radius 3 is 2.89 bits per heavy atom. The van der Waals surface area contributed by atoms with E-state index in [2.05, 4.69) is 12.2 Å². The van der Waals surface area contributed by atoms with Crippen LogP contribution < -0.4 is 10.1 Å². The Kier molecular flexibility index (Phi) is 3.57. The van der Waals surface area contributed by atoms with Crippen LogP contribution in [0.1, 0.15) is 42.6 Å². The van der Waals surface area contributed by atoms with E-state index in [4.69, 9.17) is 4.74 Å². The number of nitrogens with one attached hydrogen (secondary N) is 1. The van der Waals surface area contributed by atoms with Crippen molar-refractivity contribution in [3.05, 3.63) is 29.3 Å². The van der Waals surface area contributed by atoms with Gasteiger partial charge in [-0.05, 0) is 19.9 Å². The van der Waals surface area contributed by atoms with Crippen molar-refractivity contribution in [2.75, 3.05) is 6.54 Å². The summed E-state index contributed by atoms with van der Waals surface area (Å²) >= 11 is 0. The quantitative estimate of drug-likeness (QED) is 0.857. The molecule has 1 aliphatic rings. The van der Waals surface area contributed by atoms with Crippen LogP contribution in [0.2, 0.25) is 0 Å². The van der Waals surface area contributed by atoms with Crippen LogP contribution in [0.5, 0.6) is 5.75 Å². The molecule has 1 aliphatic heterocycles. The zero-order valence-corrected chi connectivity index (χ0v) is 10.9. The van der Waals surface area contributed by atoms with Gasteiger partial charge in [0.05, 0.1) is 11.7 Å². The molecule has 98 valence electrons. The number of amides is 1. The number of aliphatic hydroxyl groups is 1. The van der Waals surface area contributed by atoms with Crippen molar-refractivity contribution < 1.29 is 14.6 Å². The topological polar surface area (TPSA) is 58.6 Å². The summed E-state index contributed by atoms with van der Waals surface area (Å²) < 4.78 is 5.75. The summed E-state index contributed by atoms with van der Waals surface area (Å²) in [6.07, 6.45) is -0.463. The van der Waals surface area contributed by atoms with Crippen LogP contribution in [0.3, 0.4) is 0 Å². The molecule has 2 N–H and O–H groups in total. The average molecular weight is 249 g/mol. The van der Waals surface area contributed by atoms with Gasteiger partial charge in [-0.2, -0.15) is 0 Å². The second kappa shape index (κ2) is 4.98. The van der Waals surface area contributed by atoms with Gasteiger partial charge < -0.3 is 15.2 Å². The van der Waals surface area contributed by atoms with Crippen molar-refractivity contribution in [1.29, 1.82) is 0 Å². The van der Waals surface area contributed by atoms with Crippen LogP contribution in [0, 0.1) is 0 Å². The fourth-order valence-corrected chi connectivity index (χ4v) is 2.10. The fraction of sp³-hybridized carbons (Fsp3) is 0.500. The van der Waals surface area contributed by atoms with E-state index in [1.165, 1.54) is 0 Å². The number of hydrogen-bond donors (Lipinski definition) is 2. The van der Waals surface area contributed by atoms with Gasteiger partial charge in [0.25, 0.3) is 5.91 Å². The molecule has 3 atom stereocenters. The van der Waals surface area contributed by atoms with E-state index in [-0.39, 0.29) is 18.6 Å². The predicted octanol–water partition coefficient (Wildman–Crippen LogP) is 1.68. The highest BCUT2D eigenvalue weighted by molar-refractivity contribution is 5.97. The van der Waals surface area contributed by atoms with E-state index in [1.54, 1.807) is 13.0 Å². The minimum absolute atomic E-state index is 0.0886. The molecule has 18 heavy (non-hydrogen) atoms. The first-order valence-corrected chi connectivity index (χ1v) is 6.26. The lowest BCUT2D eigenvalue weighted by molar-refractivity contribution is 0.0919. The van der Waals surface area contributed by atoms with E-state index in [1.807, 2.05) is 19.1 Å². The molecule has 4 heteroatoms. The van der Waals surface area contributed by atoms with Gasteiger partial charge in [0.15, 0.2) is 0 Å². The smallest absolute Gasteiger partial charge is 0.255 e. The van der Waals surface area contributed by atoms with Crippen molar-refractivity contribution in [3.8, 4) is 5.75 Å². The number of carbonyl (C=O) groups is 1. The van der Waals surface area contributed by atoms with Crippen molar-refractivity contribution in [2.45, 2.75) is 38.9 Å². The molecule has 2 rings (SSSR count). The molecule has 0 aliphatic carbocycles. The molecule has 0 saturated heterocycles. The van der Waals surface area contributed by atoms with Crippen LogP contribution in [-0.2, 0) is 0 Å². The van der Waals surface area contributed by atoms with Gasteiger partial charge >= 0.3 is 0 Å². The van der Waals surface area contributed by atoms with Gasteiger partial charge in [0, 0.05) is 18.0 Å². The van der Waals surface area contributed by atoms with Gasteiger partial charge in [-0.25, -0.2) is 0 Å². The van der Waals surface area contributed by atoms with Gasteiger partial charge in [-0.1, -0.05) is 19.1 Å². The second-order valence-electron chi connectivity index (χ2n) is 4.89. The highest BCUT2D eigenvalue weighted by Gasteiger charge is 2.30. The van der Waals surface area contributed by atoms with Crippen molar-refractivity contribution in [2.24, 2.45) is 0 Å². The Bertz CT molecular complexity index is 456. The number of aliphatic hydroxyl groups excluding tert-OH is 1. The fourth-order valence-electron chi connectivity index (χ4n) is 2.10. The third-order valence-electron chi connectivity index (χ3n) is 3.35. The van der Waals surface area contributed by atoms with E-state index in [9.17, 15) is 9.90 Å². The number of ether oxygens (including phenoxy) is 1. The molecule has 1 aromatic carbocycles. The summed E-state index contributed by atoms with van der Waals surface area (Å²) in [6.45, 7) is 5.97. The Labute approximate surface area is 107 Å².